The zero-order chi connectivity index (χ0) is 22.2. The molecule has 3 aromatic rings. The maximum absolute atomic E-state index is 13.2. The number of hydrogen-bond donors (Lipinski definition) is 3. The molecule has 0 fully saturated rings. The van der Waals surface area contributed by atoms with Gasteiger partial charge in [0.25, 0.3) is 0 Å². The summed E-state index contributed by atoms with van der Waals surface area (Å²) in [5, 5.41) is 15.5. The molecule has 2 aromatic carbocycles. The Hall–Kier alpha value is -3.17. The van der Waals surface area contributed by atoms with E-state index in [1.807, 2.05) is 31.2 Å². The number of anilines is 1. The molecule has 0 bridgehead atoms. The number of aryl methyl sites for hydroxylation is 1. The molecule has 0 aliphatic rings. The number of hydrogen-bond acceptors (Lipinski definition) is 5. The molecule has 0 saturated carbocycles. The van der Waals surface area contributed by atoms with E-state index in [0.29, 0.717) is 23.1 Å². The van der Waals surface area contributed by atoms with Gasteiger partial charge in [0.15, 0.2) is 5.16 Å². The fraction of sp³-hybridized carbons (Fsp3) is 0.227. The Morgan fingerprint density at radius 1 is 1.16 bits per heavy atom. The Kier molecular flexibility index (Phi) is 7.80. The van der Waals surface area contributed by atoms with Crippen molar-refractivity contribution in [2.75, 3.05) is 11.1 Å². The largest absolute Gasteiger partial charge is 0.390 e. The van der Waals surface area contributed by atoms with E-state index in [1.165, 1.54) is 24.4 Å². The van der Waals surface area contributed by atoms with Crippen molar-refractivity contribution >= 4 is 29.3 Å². The van der Waals surface area contributed by atoms with Crippen molar-refractivity contribution in [3.8, 4) is 0 Å². The number of nitrogens with one attached hydrogen (secondary N) is 2. The van der Waals surface area contributed by atoms with E-state index in [0.717, 1.165) is 22.9 Å². The van der Waals surface area contributed by atoms with Crippen LogP contribution in [0.25, 0.3) is 0 Å². The summed E-state index contributed by atoms with van der Waals surface area (Å²) in [6.45, 7) is 2.07. The number of carbonyl (C=O) groups excluding carboxylic acids is 2. The van der Waals surface area contributed by atoms with Crippen LogP contribution in [0.3, 0.4) is 0 Å². The fourth-order valence-corrected chi connectivity index (χ4v) is 3.60. The van der Waals surface area contributed by atoms with E-state index < -0.39 is 5.82 Å². The van der Waals surface area contributed by atoms with Crippen LogP contribution < -0.4 is 10.6 Å². The van der Waals surface area contributed by atoms with Crippen LogP contribution in [-0.4, -0.2) is 32.2 Å². The monoisotopic (exact) mass is 442 g/mol. The summed E-state index contributed by atoms with van der Waals surface area (Å²) >= 11 is 1.13. The molecular formula is C22H23FN4O3S. The highest BCUT2D eigenvalue weighted by Crippen LogP contribution is 2.19. The van der Waals surface area contributed by atoms with Gasteiger partial charge in [0.1, 0.15) is 12.4 Å². The predicted octanol–water partition coefficient (Wildman–Crippen LogP) is 2.87. The van der Waals surface area contributed by atoms with Crippen LogP contribution in [0.1, 0.15) is 16.8 Å². The van der Waals surface area contributed by atoms with Crippen molar-refractivity contribution in [2.24, 2.45) is 0 Å². The van der Waals surface area contributed by atoms with Crippen LogP contribution in [-0.2, 0) is 29.3 Å². The van der Waals surface area contributed by atoms with Gasteiger partial charge >= 0.3 is 0 Å². The van der Waals surface area contributed by atoms with Crippen LogP contribution >= 0.6 is 11.8 Å². The lowest BCUT2D eigenvalue weighted by molar-refractivity contribution is -0.122. The van der Waals surface area contributed by atoms with Crippen LogP contribution in [0.4, 0.5) is 10.1 Å². The van der Waals surface area contributed by atoms with Gasteiger partial charge in [-0.05, 0) is 30.7 Å². The maximum atomic E-state index is 13.2. The standard InChI is InChI=1S/C22H23FN4O3S/c1-15-5-7-16(8-6-15)10-24-20(29)12-27-19(13-28)11-25-22(27)31-14-21(30)26-18-4-2-3-17(23)9-18/h2-9,11,28H,10,12-14H2,1H3,(H,24,29)(H,26,30). The van der Waals surface area contributed by atoms with Gasteiger partial charge in [-0.3, -0.25) is 9.59 Å². The second kappa shape index (κ2) is 10.7. The SMILES string of the molecule is Cc1ccc(CNC(=O)Cn2c(CO)cnc2SCC(=O)Nc2cccc(F)c2)cc1. The second-order valence-electron chi connectivity index (χ2n) is 6.89. The van der Waals surface area contributed by atoms with Crippen LogP contribution in [0.15, 0.2) is 59.9 Å². The normalized spacial score (nSPS) is 10.7. The first-order chi connectivity index (χ1) is 14.9. The van der Waals surface area contributed by atoms with Crippen LogP contribution in [0.2, 0.25) is 0 Å². The number of rotatable bonds is 9. The zero-order valence-corrected chi connectivity index (χ0v) is 17.8. The van der Waals surface area contributed by atoms with Crippen molar-refractivity contribution in [1.82, 2.24) is 14.9 Å². The van der Waals surface area contributed by atoms with E-state index in [9.17, 15) is 19.1 Å². The van der Waals surface area contributed by atoms with Gasteiger partial charge in [-0.1, -0.05) is 47.7 Å². The number of aliphatic hydroxyl groups excluding tert-OH is 1. The highest BCUT2D eigenvalue weighted by molar-refractivity contribution is 7.99. The molecule has 7 nitrogen and oxygen atoms in total. The molecule has 0 unspecified atom stereocenters. The van der Waals surface area contributed by atoms with Crippen molar-refractivity contribution in [1.29, 1.82) is 0 Å². The number of benzene rings is 2. The quantitative estimate of drug-likeness (QED) is 0.443. The molecule has 3 rings (SSSR count). The van der Waals surface area contributed by atoms with Gasteiger partial charge in [-0.25, -0.2) is 9.37 Å². The Labute approximate surface area is 183 Å². The van der Waals surface area contributed by atoms with E-state index in [2.05, 4.69) is 15.6 Å². The lowest BCUT2D eigenvalue weighted by Gasteiger charge is -2.11. The van der Waals surface area contributed by atoms with Crippen LogP contribution in [0, 0.1) is 12.7 Å². The number of aromatic nitrogens is 2. The third-order valence-corrected chi connectivity index (χ3v) is 5.41. The molecule has 2 amide bonds. The number of thioether (sulfide) groups is 1. The Balaban J connectivity index is 1.57. The third kappa shape index (κ3) is 6.66. The molecule has 1 aromatic heterocycles. The number of nitrogens with zero attached hydrogens (tertiary/aromatic N) is 2. The highest BCUT2D eigenvalue weighted by Gasteiger charge is 2.15. The lowest BCUT2D eigenvalue weighted by atomic mass is 10.1. The minimum atomic E-state index is -0.440. The van der Waals surface area contributed by atoms with Gasteiger partial charge < -0.3 is 20.3 Å². The topological polar surface area (TPSA) is 96.2 Å². The molecule has 0 radical (unpaired) electrons. The second-order valence-corrected chi connectivity index (χ2v) is 7.83. The minimum Gasteiger partial charge on any atom is -0.390 e. The molecule has 0 aliphatic heterocycles. The first-order valence-corrected chi connectivity index (χ1v) is 10.6. The zero-order valence-electron chi connectivity index (χ0n) is 17.0. The van der Waals surface area contributed by atoms with E-state index in [-0.39, 0.29) is 30.7 Å². The van der Waals surface area contributed by atoms with Gasteiger partial charge in [0.2, 0.25) is 11.8 Å². The van der Waals surface area contributed by atoms with Crippen molar-refractivity contribution in [2.45, 2.75) is 31.8 Å². The summed E-state index contributed by atoms with van der Waals surface area (Å²) in [7, 11) is 0. The fourth-order valence-electron chi connectivity index (χ4n) is 2.80. The summed E-state index contributed by atoms with van der Waals surface area (Å²) in [5.74, 6) is -0.993. The molecule has 3 N–H and O–H groups in total. The number of halogens is 1. The summed E-state index contributed by atoms with van der Waals surface area (Å²) in [5.41, 5.74) is 2.96. The van der Waals surface area contributed by atoms with E-state index in [1.54, 1.807) is 10.6 Å². The molecular weight excluding hydrogens is 419 g/mol. The minimum absolute atomic E-state index is 0.0172. The highest BCUT2D eigenvalue weighted by atomic mass is 32.2. The summed E-state index contributed by atoms with van der Waals surface area (Å²) < 4.78 is 14.8. The van der Waals surface area contributed by atoms with E-state index >= 15 is 0 Å². The van der Waals surface area contributed by atoms with E-state index in [4.69, 9.17) is 0 Å². The average molecular weight is 443 g/mol. The van der Waals surface area contributed by atoms with Gasteiger partial charge in [-0.15, -0.1) is 0 Å². The van der Waals surface area contributed by atoms with Crippen molar-refractivity contribution in [3.05, 3.63) is 77.4 Å². The smallest absolute Gasteiger partial charge is 0.240 e. The molecule has 31 heavy (non-hydrogen) atoms. The summed E-state index contributed by atoms with van der Waals surface area (Å²) in [6.07, 6.45) is 1.47. The molecule has 0 spiro atoms. The number of amides is 2. The Bertz CT molecular complexity index is 1050. The molecule has 0 saturated heterocycles. The first kappa shape index (κ1) is 22.5. The van der Waals surface area contributed by atoms with Crippen molar-refractivity contribution < 1.29 is 19.1 Å². The first-order valence-electron chi connectivity index (χ1n) is 9.60. The van der Waals surface area contributed by atoms with Crippen LogP contribution in [0.5, 0.6) is 0 Å². The maximum Gasteiger partial charge on any atom is 0.240 e. The Morgan fingerprint density at radius 2 is 1.94 bits per heavy atom. The number of aliphatic hydroxyl groups is 1. The molecule has 9 heteroatoms. The third-order valence-electron chi connectivity index (χ3n) is 4.42. The number of carbonyl (C=O) groups is 2. The molecule has 1 heterocycles. The van der Waals surface area contributed by atoms with Gasteiger partial charge in [-0.2, -0.15) is 0 Å². The molecule has 0 atom stereocenters. The van der Waals surface area contributed by atoms with Gasteiger partial charge in [0, 0.05) is 12.2 Å². The van der Waals surface area contributed by atoms with Gasteiger partial charge in [0.05, 0.1) is 24.3 Å². The average Bonchev–Trinajstić information content (AvgIpc) is 3.13. The predicted molar refractivity (Wildman–Crippen MR) is 117 cm³/mol. The van der Waals surface area contributed by atoms with Crippen molar-refractivity contribution in [3.63, 3.8) is 0 Å². The molecule has 162 valence electrons. The Morgan fingerprint density at radius 3 is 2.65 bits per heavy atom. The molecule has 0 aliphatic carbocycles. The lowest BCUT2D eigenvalue weighted by Crippen LogP contribution is -2.28. The summed E-state index contributed by atoms with van der Waals surface area (Å²) in [4.78, 5) is 28.8. The number of imidazole rings is 1. The summed E-state index contributed by atoms with van der Waals surface area (Å²) in [6, 6.07) is 13.5.